The lowest BCUT2D eigenvalue weighted by atomic mass is 9.91. The molecule has 0 aromatic carbocycles. The van der Waals surface area contributed by atoms with Crippen molar-refractivity contribution in [3.05, 3.63) is 0 Å². The van der Waals surface area contributed by atoms with E-state index in [2.05, 4.69) is 26.1 Å². The Balaban J connectivity index is 2.60. The first-order valence-electron chi connectivity index (χ1n) is 21.4. The largest absolute Gasteiger partial charge is 0.466 e. The predicted octanol–water partition coefficient (Wildman–Crippen LogP) is 11.3. The number of ether oxygens (including phenoxy) is 1. The smallest absolute Gasteiger partial charge is 0.306 e. The standard InChI is InChI=1S/C42H82N2O4/c1-4-7-10-13-16-18-19-21-24-27-35-48-41(46)33-32-40(45)44(42(47)39-31-28-34-43-36-39)37-38(29-25-22-15-12-9-6-3)30-26-23-20-17-14-11-8-5-2/h38-39,42-43,47H,4-37H2,1-3H3. The fraction of sp³-hybridized carbons (Fsp3) is 0.952. The number of esters is 1. The van der Waals surface area contributed by atoms with Gasteiger partial charge in [0.05, 0.1) is 13.0 Å². The fourth-order valence-corrected chi connectivity index (χ4v) is 7.33. The first kappa shape index (κ1) is 44.9. The molecule has 2 N–H and O–H groups in total. The Bertz CT molecular complexity index is 726. The molecule has 48 heavy (non-hydrogen) atoms. The minimum Gasteiger partial charge on any atom is -0.466 e. The number of rotatable bonds is 34. The second-order valence-corrected chi connectivity index (χ2v) is 15.2. The maximum Gasteiger partial charge on any atom is 0.306 e. The number of hydrogen-bond acceptors (Lipinski definition) is 5. The number of hydrogen-bond donors (Lipinski definition) is 2. The molecule has 0 aromatic rings. The Kier molecular flexibility index (Phi) is 30.9. The van der Waals surface area contributed by atoms with E-state index in [1.165, 1.54) is 141 Å². The van der Waals surface area contributed by atoms with E-state index in [4.69, 9.17) is 4.74 Å². The number of unbranched alkanes of at least 4 members (excludes halogenated alkanes) is 21. The molecule has 1 heterocycles. The number of nitrogens with one attached hydrogen (secondary N) is 1. The van der Waals surface area contributed by atoms with Crippen molar-refractivity contribution in [2.45, 2.75) is 220 Å². The van der Waals surface area contributed by atoms with E-state index < -0.39 is 6.23 Å². The van der Waals surface area contributed by atoms with Crippen LogP contribution >= 0.6 is 0 Å². The maximum atomic E-state index is 13.7. The van der Waals surface area contributed by atoms with Crippen molar-refractivity contribution in [2.24, 2.45) is 11.8 Å². The second kappa shape index (κ2) is 33.0. The van der Waals surface area contributed by atoms with E-state index in [9.17, 15) is 14.7 Å². The number of nitrogens with zero attached hydrogens (tertiary/aromatic N) is 1. The van der Waals surface area contributed by atoms with Gasteiger partial charge >= 0.3 is 5.97 Å². The van der Waals surface area contributed by atoms with E-state index in [1.54, 1.807) is 4.90 Å². The van der Waals surface area contributed by atoms with Crippen LogP contribution < -0.4 is 5.32 Å². The molecule has 1 aliphatic heterocycles. The van der Waals surface area contributed by atoms with Gasteiger partial charge in [-0.15, -0.1) is 0 Å². The molecule has 0 aliphatic carbocycles. The molecule has 6 heteroatoms. The summed E-state index contributed by atoms with van der Waals surface area (Å²) in [5, 5.41) is 15.0. The number of aliphatic hydroxyl groups is 1. The zero-order chi connectivity index (χ0) is 34.9. The summed E-state index contributed by atoms with van der Waals surface area (Å²) in [5.74, 6) is 0.0713. The number of carbonyl (C=O) groups is 2. The third-order valence-electron chi connectivity index (χ3n) is 10.6. The van der Waals surface area contributed by atoms with Crippen LogP contribution in [0.15, 0.2) is 0 Å². The van der Waals surface area contributed by atoms with Crippen molar-refractivity contribution < 1.29 is 19.4 Å². The average Bonchev–Trinajstić information content (AvgIpc) is 3.10. The zero-order valence-electron chi connectivity index (χ0n) is 32.4. The molecule has 1 amide bonds. The van der Waals surface area contributed by atoms with Gasteiger partial charge in [-0.25, -0.2) is 0 Å². The summed E-state index contributed by atoms with van der Waals surface area (Å²) in [6.45, 7) is 9.56. The minimum atomic E-state index is -0.793. The number of piperidine rings is 1. The lowest BCUT2D eigenvalue weighted by molar-refractivity contribution is -0.152. The first-order chi connectivity index (χ1) is 23.5. The molecule has 3 unspecified atom stereocenters. The molecule has 1 fully saturated rings. The molecule has 1 aliphatic rings. The van der Waals surface area contributed by atoms with Gasteiger partial charge in [0.25, 0.3) is 0 Å². The first-order valence-corrected chi connectivity index (χ1v) is 21.4. The van der Waals surface area contributed by atoms with Crippen LogP contribution in [0.4, 0.5) is 0 Å². The maximum absolute atomic E-state index is 13.7. The lowest BCUT2D eigenvalue weighted by Gasteiger charge is -2.37. The Morgan fingerprint density at radius 3 is 1.58 bits per heavy atom. The summed E-state index contributed by atoms with van der Waals surface area (Å²) >= 11 is 0. The van der Waals surface area contributed by atoms with E-state index in [-0.39, 0.29) is 30.6 Å². The summed E-state index contributed by atoms with van der Waals surface area (Å²) in [7, 11) is 0. The van der Waals surface area contributed by atoms with Crippen molar-refractivity contribution >= 4 is 11.9 Å². The van der Waals surface area contributed by atoms with Gasteiger partial charge in [-0.1, -0.05) is 168 Å². The third kappa shape index (κ3) is 24.9. The topological polar surface area (TPSA) is 78.9 Å². The Hall–Kier alpha value is -1.14. The second-order valence-electron chi connectivity index (χ2n) is 15.2. The van der Waals surface area contributed by atoms with Gasteiger partial charge in [0.15, 0.2) is 0 Å². The van der Waals surface area contributed by atoms with E-state index >= 15 is 0 Å². The van der Waals surface area contributed by atoms with Crippen molar-refractivity contribution in [3.8, 4) is 0 Å². The van der Waals surface area contributed by atoms with Crippen LogP contribution in [0.3, 0.4) is 0 Å². The molecule has 284 valence electrons. The van der Waals surface area contributed by atoms with E-state index in [0.29, 0.717) is 19.1 Å². The van der Waals surface area contributed by atoms with Crippen molar-refractivity contribution in [2.75, 3.05) is 26.2 Å². The Morgan fingerprint density at radius 2 is 1.12 bits per heavy atom. The van der Waals surface area contributed by atoms with Gasteiger partial charge in [-0.3, -0.25) is 9.59 Å². The highest BCUT2D eigenvalue weighted by Crippen LogP contribution is 2.25. The summed E-state index contributed by atoms with van der Waals surface area (Å²) in [5.41, 5.74) is 0. The van der Waals surface area contributed by atoms with Crippen LogP contribution in [-0.4, -0.2) is 54.4 Å². The van der Waals surface area contributed by atoms with Crippen LogP contribution in [0, 0.1) is 11.8 Å². The molecule has 3 atom stereocenters. The quantitative estimate of drug-likeness (QED) is 0.0402. The molecule has 1 saturated heterocycles. The fourth-order valence-electron chi connectivity index (χ4n) is 7.33. The molecule has 0 radical (unpaired) electrons. The Morgan fingerprint density at radius 1 is 0.667 bits per heavy atom. The molecule has 0 aromatic heterocycles. The van der Waals surface area contributed by atoms with Crippen molar-refractivity contribution in [1.82, 2.24) is 10.2 Å². The average molecular weight is 679 g/mol. The number of amides is 1. The zero-order valence-corrected chi connectivity index (χ0v) is 32.4. The highest BCUT2D eigenvalue weighted by molar-refractivity contribution is 5.81. The van der Waals surface area contributed by atoms with Crippen LogP contribution in [-0.2, 0) is 14.3 Å². The van der Waals surface area contributed by atoms with Gasteiger partial charge in [0.2, 0.25) is 5.91 Å². The normalized spacial score (nSPS) is 16.1. The van der Waals surface area contributed by atoms with Gasteiger partial charge in [0, 0.05) is 25.4 Å². The third-order valence-corrected chi connectivity index (χ3v) is 10.6. The van der Waals surface area contributed by atoms with Crippen LogP contribution in [0.2, 0.25) is 0 Å². The van der Waals surface area contributed by atoms with Crippen molar-refractivity contribution in [3.63, 3.8) is 0 Å². The SMILES string of the molecule is CCCCCCCCCCCCOC(=O)CCC(=O)N(CC(CCCCCCCC)CCCCCCCCCC)C(O)C1CCCNC1. The Labute approximate surface area is 298 Å². The summed E-state index contributed by atoms with van der Waals surface area (Å²) < 4.78 is 5.52. The van der Waals surface area contributed by atoms with Gasteiger partial charge in [-0.2, -0.15) is 0 Å². The van der Waals surface area contributed by atoms with Gasteiger partial charge in [0.1, 0.15) is 6.23 Å². The number of aliphatic hydroxyl groups excluding tert-OH is 1. The molecular weight excluding hydrogens is 596 g/mol. The summed E-state index contributed by atoms with van der Waals surface area (Å²) in [6, 6.07) is 0. The number of carbonyl (C=O) groups excluding carboxylic acids is 2. The molecule has 0 saturated carbocycles. The highest BCUT2D eigenvalue weighted by atomic mass is 16.5. The molecule has 1 rings (SSSR count). The monoisotopic (exact) mass is 679 g/mol. The molecular formula is C42H82N2O4. The van der Waals surface area contributed by atoms with Gasteiger partial charge < -0.3 is 20.1 Å². The minimum absolute atomic E-state index is 0.0452. The molecule has 0 spiro atoms. The predicted molar refractivity (Wildman–Crippen MR) is 204 cm³/mol. The van der Waals surface area contributed by atoms with Crippen LogP contribution in [0.5, 0.6) is 0 Å². The highest BCUT2D eigenvalue weighted by Gasteiger charge is 2.32. The van der Waals surface area contributed by atoms with E-state index in [0.717, 1.165) is 51.6 Å². The van der Waals surface area contributed by atoms with Crippen LogP contribution in [0.1, 0.15) is 213 Å². The molecule has 0 bridgehead atoms. The van der Waals surface area contributed by atoms with E-state index in [1.807, 2.05) is 0 Å². The van der Waals surface area contributed by atoms with Gasteiger partial charge in [-0.05, 0) is 44.6 Å². The summed E-state index contributed by atoms with van der Waals surface area (Å²) in [4.78, 5) is 28.1. The summed E-state index contributed by atoms with van der Waals surface area (Å²) in [6.07, 6.45) is 34.1. The molecule has 6 nitrogen and oxygen atoms in total. The van der Waals surface area contributed by atoms with Crippen LogP contribution in [0.25, 0.3) is 0 Å². The lowest BCUT2D eigenvalue weighted by Crippen LogP contribution is -2.50. The van der Waals surface area contributed by atoms with Crippen molar-refractivity contribution in [1.29, 1.82) is 0 Å².